The van der Waals surface area contributed by atoms with Crippen molar-refractivity contribution < 1.29 is 14.2 Å². The molecule has 0 amide bonds. The van der Waals surface area contributed by atoms with Gasteiger partial charge in [0, 0.05) is 6.42 Å². The van der Waals surface area contributed by atoms with Crippen molar-refractivity contribution in [2.75, 3.05) is 0 Å². The first-order valence-corrected chi connectivity index (χ1v) is 7.61. The molecule has 2 rings (SSSR count). The summed E-state index contributed by atoms with van der Waals surface area (Å²) in [6, 6.07) is 9.69. The molecule has 0 bridgehead atoms. The molecular weight excluding hydrogens is 235 g/mol. The van der Waals surface area contributed by atoms with Gasteiger partial charge in [-0.25, -0.2) is 0 Å². The predicted molar refractivity (Wildman–Crippen MR) is 68.2 cm³/mol. The van der Waals surface area contributed by atoms with Gasteiger partial charge >= 0.3 is 0 Å². The van der Waals surface area contributed by atoms with Crippen molar-refractivity contribution in [1.29, 1.82) is 0 Å². The molecule has 1 heterocycles. The smallest absolute Gasteiger partial charge is 0.239 e. The molecule has 1 aliphatic rings. The highest BCUT2D eigenvalue weighted by molar-refractivity contribution is 7.65. The predicted octanol–water partition coefficient (Wildman–Crippen LogP) is 3.37. The Balaban J connectivity index is 2.07. The van der Waals surface area contributed by atoms with E-state index in [0.717, 1.165) is 5.56 Å². The van der Waals surface area contributed by atoms with Crippen LogP contribution in [-0.2, 0) is 15.3 Å². The van der Waals surface area contributed by atoms with Gasteiger partial charge in [0.1, 0.15) is 0 Å². The summed E-state index contributed by atoms with van der Waals surface area (Å²) < 4.78 is 18.0. The third-order valence-electron chi connectivity index (χ3n) is 3.03. The molecule has 0 spiro atoms. The van der Waals surface area contributed by atoms with Crippen LogP contribution in [0.3, 0.4) is 0 Å². The largest absolute Gasteiger partial charge is 0.390 e. The van der Waals surface area contributed by atoms with Crippen molar-refractivity contribution in [2.45, 2.75) is 44.3 Å². The van der Waals surface area contributed by atoms with Crippen LogP contribution in [0.5, 0.6) is 0 Å². The van der Waals surface area contributed by atoms with Gasteiger partial charge in [-0.3, -0.25) is 4.57 Å². The molecule has 1 aliphatic heterocycles. The molecule has 0 aromatic heterocycles. The van der Waals surface area contributed by atoms with Gasteiger partial charge in [-0.2, -0.15) is 0 Å². The van der Waals surface area contributed by atoms with Crippen LogP contribution >= 0.6 is 7.37 Å². The lowest BCUT2D eigenvalue weighted by atomic mass is 10.0. The first kappa shape index (κ1) is 12.8. The number of benzene rings is 1. The Morgan fingerprint density at radius 2 is 1.94 bits per heavy atom. The molecule has 17 heavy (non-hydrogen) atoms. The average Bonchev–Trinajstić information content (AvgIpc) is 2.64. The van der Waals surface area contributed by atoms with Crippen LogP contribution in [-0.4, -0.2) is 16.0 Å². The summed E-state index contributed by atoms with van der Waals surface area (Å²) in [7, 11) is -2.62. The molecule has 1 aromatic carbocycles. The lowest BCUT2D eigenvalue weighted by Gasteiger charge is -2.19. The Morgan fingerprint density at radius 1 is 1.35 bits per heavy atom. The minimum atomic E-state index is -2.62. The second kappa shape index (κ2) is 3.94. The molecule has 1 aromatic rings. The summed E-state index contributed by atoms with van der Waals surface area (Å²) in [5.74, 6) is 0. The number of hydrogen-bond donors (Lipinski definition) is 1. The molecule has 0 saturated carbocycles. The molecule has 2 atom stereocenters. The van der Waals surface area contributed by atoms with Gasteiger partial charge in [-0.1, -0.05) is 30.3 Å². The Kier molecular flexibility index (Phi) is 2.97. The summed E-state index contributed by atoms with van der Waals surface area (Å²) in [5.41, 5.74) is 0.174. The highest BCUT2D eigenvalue weighted by Gasteiger charge is 2.65. The molecular formula is C13H19O3P. The van der Waals surface area contributed by atoms with Crippen LogP contribution in [0.25, 0.3) is 0 Å². The third-order valence-corrected chi connectivity index (χ3v) is 6.03. The van der Waals surface area contributed by atoms with E-state index in [4.69, 9.17) is 4.52 Å². The van der Waals surface area contributed by atoms with E-state index in [1.807, 2.05) is 37.3 Å². The van der Waals surface area contributed by atoms with E-state index >= 15 is 0 Å². The van der Waals surface area contributed by atoms with Gasteiger partial charge in [0.25, 0.3) is 0 Å². The minimum absolute atomic E-state index is 0.407. The maximum Gasteiger partial charge on any atom is 0.239 e. The van der Waals surface area contributed by atoms with Crippen LogP contribution in [0.1, 0.15) is 32.8 Å². The fourth-order valence-electron chi connectivity index (χ4n) is 2.28. The zero-order chi connectivity index (χ0) is 12.7. The van der Waals surface area contributed by atoms with Crippen molar-refractivity contribution in [1.82, 2.24) is 0 Å². The van der Waals surface area contributed by atoms with Crippen molar-refractivity contribution >= 4 is 7.37 Å². The second-order valence-corrected chi connectivity index (χ2v) is 8.36. The van der Waals surface area contributed by atoms with Crippen LogP contribution in [0.15, 0.2) is 30.3 Å². The molecule has 1 fully saturated rings. The van der Waals surface area contributed by atoms with Gasteiger partial charge in [0.2, 0.25) is 7.37 Å². The Hall–Kier alpha value is -0.630. The van der Waals surface area contributed by atoms with Gasteiger partial charge < -0.3 is 9.63 Å². The summed E-state index contributed by atoms with van der Waals surface area (Å²) in [6.45, 7) is 5.26. The van der Waals surface area contributed by atoms with Crippen LogP contribution < -0.4 is 0 Å². The van der Waals surface area contributed by atoms with Crippen LogP contribution in [0.4, 0.5) is 0 Å². The van der Waals surface area contributed by atoms with Crippen LogP contribution in [0, 0.1) is 0 Å². The van der Waals surface area contributed by atoms with E-state index in [0.29, 0.717) is 12.6 Å². The average molecular weight is 254 g/mol. The quantitative estimate of drug-likeness (QED) is 0.662. The van der Waals surface area contributed by atoms with Crippen molar-refractivity contribution in [3.63, 3.8) is 0 Å². The third kappa shape index (κ3) is 2.79. The van der Waals surface area contributed by atoms with E-state index in [9.17, 15) is 9.67 Å². The zero-order valence-electron chi connectivity index (χ0n) is 10.5. The first-order chi connectivity index (χ1) is 7.74. The van der Waals surface area contributed by atoms with E-state index in [1.165, 1.54) is 0 Å². The molecule has 0 radical (unpaired) electrons. The standard InChI is InChI=1S/C13H19O3P/c1-12(2,14)10-13(3)16-17(13,15)9-11-7-5-4-6-8-11/h4-8,14H,9-10H2,1-3H3. The van der Waals surface area contributed by atoms with Crippen molar-refractivity contribution in [2.24, 2.45) is 0 Å². The molecule has 1 N–H and O–H groups in total. The van der Waals surface area contributed by atoms with Crippen molar-refractivity contribution in [3.8, 4) is 0 Å². The van der Waals surface area contributed by atoms with E-state index in [-0.39, 0.29) is 0 Å². The number of aliphatic hydroxyl groups is 1. The highest BCUT2D eigenvalue weighted by atomic mass is 31.2. The number of hydrogen-bond acceptors (Lipinski definition) is 3. The van der Waals surface area contributed by atoms with Gasteiger partial charge in [-0.15, -0.1) is 0 Å². The minimum Gasteiger partial charge on any atom is -0.390 e. The summed E-state index contributed by atoms with van der Waals surface area (Å²) in [6.07, 6.45) is 0.866. The summed E-state index contributed by atoms with van der Waals surface area (Å²) >= 11 is 0. The van der Waals surface area contributed by atoms with Gasteiger partial charge in [-0.05, 0) is 26.3 Å². The first-order valence-electron chi connectivity index (χ1n) is 5.80. The summed E-state index contributed by atoms with van der Waals surface area (Å²) in [5, 5.41) is 9.14. The molecule has 2 unspecified atom stereocenters. The van der Waals surface area contributed by atoms with Gasteiger partial charge in [0.15, 0.2) is 5.34 Å². The maximum atomic E-state index is 12.5. The fraction of sp³-hybridized carbons (Fsp3) is 0.538. The topological polar surface area (TPSA) is 49.8 Å². The SMILES string of the molecule is CC(C)(O)CC1(C)OP1(=O)Cc1ccccc1. The van der Waals surface area contributed by atoms with Gasteiger partial charge in [0.05, 0.1) is 11.8 Å². The maximum absolute atomic E-state index is 12.5. The van der Waals surface area contributed by atoms with Crippen LogP contribution in [0.2, 0.25) is 0 Å². The Bertz CT molecular complexity index is 449. The monoisotopic (exact) mass is 254 g/mol. The lowest BCUT2D eigenvalue weighted by molar-refractivity contribution is 0.0465. The zero-order valence-corrected chi connectivity index (χ0v) is 11.4. The molecule has 4 heteroatoms. The van der Waals surface area contributed by atoms with Crippen molar-refractivity contribution in [3.05, 3.63) is 35.9 Å². The van der Waals surface area contributed by atoms with E-state index in [1.54, 1.807) is 13.8 Å². The molecule has 3 nitrogen and oxygen atoms in total. The lowest BCUT2D eigenvalue weighted by Crippen LogP contribution is -2.25. The highest BCUT2D eigenvalue weighted by Crippen LogP contribution is 2.81. The fourth-order valence-corrected chi connectivity index (χ4v) is 4.93. The Morgan fingerprint density at radius 3 is 2.47 bits per heavy atom. The molecule has 94 valence electrons. The Labute approximate surface area is 102 Å². The summed E-state index contributed by atoms with van der Waals surface area (Å²) in [4.78, 5) is 0. The molecule has 1 saturated heterocycles. The normalized spacial score (nSPS) is 32.5. The van der Waals surface area contributed by atoms with E-state index < -0.39 is 18.3 Å². The second-order valence-electron chi connectivity index (χ2n) is 5.57. The van der Waals surface area contributed by atoms with E-state index in [2.05, 4.69) is 0 Å². The molecule has 0 aliphatic carbocycles. The number of rotatable bonds is 4.